The van der Waals surface area contributed by atoms with Gasteiger partial charge in [0, 0.05) is 23.7 Å². The summed E-state index contributed by atoms with van der Waals surface area (Å²) in [6.45, 7) is 0.299. The topological polar surface area (TPSA) is 92.8 Å². The number of esters is 1. The molecule has 1 amide bonds. The Bertz CT molecular complexity index is 1060. The van der Waals surface area contributed by atoms with Gasteiger partial charge in [0.2, 0.25) is 10.0 Å². The van der Waals surface area contributed by atoms with E-state index in [1.54, 1.807) is 0 Å². The van der Waals surface area contributed by atoms with Crippen LogP contribution in [0.1, 0.15) is 29.6 Å². The Labute approximate surface area is 189 Å². The molecule has 0 radical (unpaired) electrons. The molecule has 2 aromatic rings. The largest absolute Gasteiger partial charge is 0.452 e. The van der Waals surface area contributed by atoms with Crippen molar-refractivity contribution in [3.05, 3.63) is 54.1 Å². The number of hydrogen-bond donors (Lipinski definition) is 1. The molecule has 0 saturated carbocycles. The molecule has 1 aliphatic heterocycles. The lowest BCUT2D eigenvalue weighted by atomic mass is 10.2. The second-order valence-corrected chi connectivity index (χ2v) is 10.0. The Balaban J connectivity index is 1.56. The number of nitrogens with one attached hydrogen (secondary N) is 1. The number of ether oxygens (including phenoxy) is 1. The molecular formula is C21H22F2N2O5S2. The predicted octanol–water partition coefficient (Wildman–Crippen LogP) is 3.97. The van der Waals surface area contributed by atoms with Gasteiger partial charge in [0.1, 0.15) is 0 Å². The predicted molar refractivity (Wildman–Crippen MR) is 116 cm³/mol. The summed E-state index contributed by atoms with van der Waals surface area (Å²) in [5, 5.41) is 2.49. The molecule has 1 heterocycles. The maximum Gasteiger partial charge on any atom is 0.338 e. The molecule has 32 heavy (non-hydrogen) atoms. The van der Waals surface area contributed by atoms with Gasteiger partial charge in [-0.25, -0.2) is 13.2 Å². The van der Waals surface area contributed by atoms with Crippen LogP contribution in [0.2, 0.25) is 0 Å². The van der Waals surface area contributed by atoms with E-state index in [0.29, 0.717) is 35.4 Å². The third kappa shape index (κ3) is 6.50. The molecule has 0 bridgehead atoms. The van der Waals surface area contributed by atoms with Crippen LogP contribution in [0, 0.1) is 0 Å². The second kappa shape index (κ2) is 10.9. The number of carbonyl (C=O) groups is 2. The van der Waals surface area contributed by atoms with Gasteiger partial charge in [0.05, 0.1) is 10.5 Å². The minimum absolute atomic E-state index is 0.0000544. The molecule has 1 saturated heterocycles. The van der Waals surface area contributed by atoms with Crippen molar-refractivity contribution in [2.24, 2.45) is 0 Å². The molecule has 1 fully saturated rings. The lowest BCUT2D eigenvalue weighted by Gasteiger charge is -2.25. The molecule has 2 aromatic carbocycles. The number of sulfonamides is 1. The SMILES string of the molecule is O=C(COC(=O)c1cccc(S(=O)(=O)N2CCCCC2)c1)Nc1ccc(SC(F)F)cc1. The van der Waals surface area contributed by atoms with E-state index in [4.69, 9.17) is 4.74 Å². The van der Waals surface area contributed by atoms with Crippen LogP contribution in [0.4, 0.5) is 14.5 Å². The van der Waals surface area contributed by atoms with E-state index in [1.165, 1.54) is 52.8 Å². The van der Waals surface area contributed by atoms with E-state index in [-0.39, 0.29) is 10.5 Å². The summed E-state index contributed by atoms with van der Waals surface area (Å²) in [7, 11) is -3.70. The van der Waals surface area contributed by atoms with Gasteiger partial charge < -0.3 is 10.1 Å². The van der Waals surface area contributed by atoms with E-state index in [0.717, 1.165) is 19.3 Å². The molecular weight excluding hydrogens is 462 g/mol. The number of carbonyl (C=O) groups excluding carboxylic acids is 2. The molecule has 0 unspecified atom stereocenters. The van der Waals surface area contributed by atoms with E-state index >= 15 is 0 Å². The first kappa shape index (κ1) is 24.1. The number of hydrogen-bond acceptors (Lipinski definition) is 6. The molecule has 0 spiro atoms. The van der Waals surface area contributed by atoms with Crippen LogP contribution in [0.5, 0.6) is 0 Å². The first-order chi connectivity index (χ1) is 15.3. The van der Waals surface area contributed by atoms with Gasteiger partial charge in [0.15, 0.2) is 6.61 Å². The van der Waals surface area contributed by atoms with Crippen LogP contribution < -0.4 is 5.32 Å². The summed E-state index contributed by atoms with van der Waals surface area (Å²) in [5.41, 5.74) is 0.378. The summed E-state index contributed by atoms with van der Waals surface area (Å²) in [5.74, 6) is -3.99. The fraction of sp³-hybridized carbons (Fsp3) is 0.333. The molecule has 11 heteroatoms. The van der Waals surface area contributed by atoms with Crippen molar-refractivity contribution in [3.63, 3.8) is 0 Å². The van der Waals surface area contributed by atoms with E-state index in [9.17, 15) is 26.8 Å². The van der Waals surface area contributed by atoms with E-state index < -0.39 is 34.3 Å². The highest BCUT2D eigenvalue weighted by molar-refractivity contribution is 7.99. The van der Waals surface area contributed by atoms with Crippen LogP contribution in [0.15, 0.2) is 58.3 Å². The monoisotopic (exact) mass is 484 g/mol. The fourth-order valence-corrected chi connectivity index (χ4v) is 5.23. The number of piperidine rings is 1. The number of rotatable bonds is 8. The highest BCUT2D eigenvalue weighted by Gasteiger charge is 2.26. The zero-order valence-corrected chi connectivity index (χ0v) is 18.6. The maximum absolute atomic E-state index is 12.8. The van der Waals surface area contributed by atoms with Gasteiger partial charge in [0.25, 0.3) is 11.7 Å². The fourth-order valence-electron chi connectivity index (χ4n) is 3.17. The third-order valence-electron chi connectivity index (χ3n) is 4.72. The summed E-state index contributed by atoms with van der Waals surface area (Å²) in [4.78, 5) is 24.7. The van der Waals surface area contributed by atoms with Gasteiger partial charge in [-0.2, -0.15) is 13.1 Å². The number of nitrogens with zero attached hydrogens (tertiary/aromatic N) is 1. The normalized spacial score (nSPS) is 14.8. The van der Waals surface area contributed by atoms with Crippen molar-refractivity contribution < 1.29 is 31.5 Å². The Morgan fingerprint density at radius 3 is 2.41 bits per heavy atom. The summed E-state index contributed by atoms with van der Waals surface area (Å²) >= 11 is 0.388. The molecule has 1 N–H and O–H groups in total. The van der Waals surface area contributed by atoms with Crippen molar-refractivity contribution in [1.29, 1.82) is 0 Å². The van der Waals surface area contributed by atoms with Gasteiger partial charge in [-0.15, -0.1) is 0 Å². The van der Waals surface area contributed by atoms with Crippen molar-refractivity contribution in [2.75, 3.05) is 25.0 Å². The number of thioether (sulfide) groups is 1. The molecule has 0 aromatic heterocycles. The Hall–Kier alpha value is -2.50. The molecule has 3 rings (SSSR count). The Morgan fingerprint density at radius 2 is 1.75 bits per heavy atom. The van der Waals surface area contributed by atoms with Gasteiger partial charge in [-0.05, 0) is 55.3 Å². The van der Waals surface area contributed by atoms with E-state index in [1.807, 2.05) is 0 Å². The quantitative estimate of drug-likeness (QED) is 0.450. The molecule has 172 valence electrons. The van der Waals surface area contributed by atoms with Crippen LogP contribution in [0.3, 0.4) is 0 Å². The van der Waals surface area contributed by atoms with Crippen LogP contribution in [-0.2, 0) is 19.6 Å². The van der Waals surface area contributed by atoms with Crippen LogP contribution >= 0.6 is 11.8 Å². The maximum atomic E-state index is 12.8. The van der Waals surface area contributed by atoms with Crippen molar-refractivity contribution in [2.45, 2.75) is 34.8 Å². The van der Waals surface area contributed by atoms with Crippen LogP contribution in [-0.4, -0.2) is 50.1 Å². The number of amides is 1. The third-order valence-corrected chi connectivity index (χ3v) is 7.34. The Morgan fingerprint density at radius 1 is 1.06 bits per heavy atom. The second-order valence-electron chi connectivity index (χ2n) is 7.02. The van der Waals surface area contributed by atoms with Gasteiger partial charge >= 0.3 is 5.97 Å². The minimum atomic E-state index is -3.70. The lowest BCUT2D eigenvalue weighted by Crippen LogP contribution is -2.35. The van der Waals surface area contributed by atoms with Crippen molar-refractivity contribution >= 4 is 39.3 Å². The first-order valence-electron chi connectivity index (χ1n) is 9.88. The number of alkyl halides is 2. The molecule has 1 aliphatic rings. The highest BCUT2D eigenvalue weighted by Crippen LogP contribution is 2.26. The summed E-state index contributed by atoms with van der Waals surface area (Å²) in [6, 6.07) is 11.3. The summed E-state index contributed by atoms with van der Waals surface area (Å²) < 4.78 is 56.6. The van der Waals surface area contributed by atoms with Gasteiger partial charge in [-0.3, -0.25) is 4.79 Å². The minimum Gasteiger partial charge on any atom is -0.452 e. The zero-order valence-electron chi connectivity index (χ0n) is 17.0. The van der Waals surface area contributed by atoms with E-state index in [2.05, 4.69) is 5.32 Å². The van der Waals surface area contributed by atoms with Crippen LogP contribution in [0.25, 0.3) is 0 Å². The standard InChI is InChI=1S/C21H22F2N2O5S2/c22-21(23)31-17-9-7-16(8-10-17)24-19(26)14-30-20(27)15-5-4-6-18(13-15)32(28,29)25-11-2-1-3-12-25/h4-10,13,21H,1-3,11-12,14H2,(H,24,26). The van der Waals surface area contributed by atoms with Gasteiger partial charge in [-0.1, -0.05) is 24.2 Å². The molecule has 7 nitrogen and oxygen atoms in total. The average molecular weight is 485 g/mol. The Kier molecular flexibility index (Phi) is 8.21. The number of anilines is 1. The molecule has 0 atom stereocenters. The summed E-state index contributed by atoms with van der Waals surface area (Å²) in [6.07, 6.45) is 2.58. The average Bonchev–Trinajstić information content (AvgIpc) is 2.79. The smallest absolute Gasteiger partial charge is 0.338 e. The number of benzene rings is 2. The number of halogens is 2. The lowest BCUT2D eigenvalue weighted by molar-refractivity contribution is -0.119. The first-order valence-corrected chi connectivity index (χ1v) is 12.2. The highest BCUT2D eigenvalue weighted by atomic mass is 32.2. The van der Waals surface area contributed by atoms with Crippen molar-refractivity contribution in [1.82, 2.24) is 4.31 Å². The zero-order chi connectivity index (χ0) is 23.1. The van der Waals surface area contributed by atoms with Crippen molar-refractivity contribution in [3.8, 4) is 0 Å². The molecule has 0 aliphatic carbocycles.